The molecule has 6 nitrogen and oxygen atoms in total. The van der Waals surface area contributed by atoms with Gasteiger partial charge in [-0.3, -0.25) is 15.4 Å². The number of rotatable bonds is 8. The molecule has 4 N–H and O–H groups in total. The summed E-state index contributed by atoms with van der Waals surface area (Å²) in [6.45, 7) is 4.77. The van der Waals surface area contributed by atoms with Crippen molar-refractivity contribution < 1.29 is 9.50 Å². The van der Waals surface area contributed by atoms with Crippen molar-refractivity contribution in [3.8, 4) is 0 Å². The van der Waals surface area contributed by atoms with Crippen molar-refractivity contribution in [1.82, 2.24) is 9.47 Å². The molecule has 0 bridgehead atoms. The molecule has 1 unspecified atom stereocenters. The second-order valence-corrected chi connectivity index (χ2v) is 9.72. The van der Waals surface area contributed by atoms with Gasteiger partial charge in [0.2, 0.25) is 0 Å². The smallest absolute Gasteiger partial charge is 0.143 e. The van der Waals surface area contributed by atoms with Crippen molar-refractivity contribution in [3.63, 3.8) is 0 Å². The van der Waals surface area contributed by atoms with E-state index in [0.29, 0.717) is 17.0 Å². The first-order chi connectivity index (χ1) is 15.3. The molecule has 8 heteroatoms. The molecule has 1 aliphatic heterocycles. The number of nitrogens with zero attached hydrogens (tertiary/aromatic N) is 2. The lowest BCUT2D eigenvalue weighted by Gasteiger charge is -2.60. The lowest BCUT2D eigenvalue weighted by molar-refractivity contribution is -0.126. The summed E-state index contributed by atoms with van der Waals surface area (Å²) in [5.41, 5.74) is 3.26. The summed E-state index contributed by atoms with van der Waals surface area (Å²) in [6, 6.07) is 5.13. The van der Waals surface area contributed by atoms with Gasteiger partial charge in [0, 0.05) is 36.1 Å². The first kappa shape index (κ1) is 22.8. The average molecular weight is 458 g/mol. The van der Waals surface area contributed by atoms with E-state index in [9.17, 15) is 9.50 Å². The van der Waals surface area contributed by atoms with E-state index in [-0.39, 0.29) is 22.6 Å². The number of benzene rings is 1. The van der Waals surface area contributed by atoms with Crippen LogP contribution in [0.25, 0.3) is 0 Å². The van der Waals surface area contributed by atoms with Crippen molar-refractivity contribution >= 4 is 24.2 Å². The zero-order valence-electron chi connectivity index (χ0n) is 18.2. The molecule has 1 aromatic carbocycles. The van der Waals surface area contributed by atoms with Crippen LogP contribution in [0.3, 0.4) is 0 Å². The molecule has 2 fully saturated rings. The van der Waals surface area contributed by atoms with Crippen LogP contribution in [-0.4, -0.2) is 46.8 Å². The number of aromatic nitrogens is 1. The maximum atomic E-state index is 14.1. The molecule has 0 radical (unpaired) electrons. The van der Waals surface area contributed by atoms with Crippen LogP contribution in [0, 0.1) is 40.3 Å². The van der Waals surface area contributed by atoms with Gasteiger partial charge in [-0.25, -0.2) is 4.39 Å². The summed E-state index contributed by atoms with van der Waals surface area (Å²) < 4.78 is 15.3. The molecule has 1 aromatic heterocycles. The van der Waals surface area contributed by atoms with E-state index < -0.39 is 6.10 Å². The largest absolute Gasteiger partial charge is 0.388 e. The van der Waals surface area contributed by atoms with Crippen LogP contribution in [0.4, 0.5) is 4.39 Å². The highest BCUT2D eigenvalue weighted by Crippen LogP contribution is 2.56. The van der Waals surface area contributed by atoms with Crippen LogP contribution in [0.15, 0.2) is 24.4 Å². The molecule has 1 aliphatic carbocycles. The van der Waals surface area contributed by atoms with Gasteiger partial charge in [-0.2, -0.15) is 0 Å². The standard InChI is InChI=1S/C24H29ClFN5O/c1-15-19(10-27)18(4-5-20(15)25)23(32)17-8-24(9-17)12-30(13-24)6-2-3-16-7-22(29)31(14-28)11-21(16)26/h4-5,7,10-11,14,17,23,27-29,32H,2-3,6,8-9,12-13H2,1H3. The molecule has 1 atom stereocenters. The Morgan fingerprint density at radius 2 is 2.03 bits per heavy atom. The van der Waals surface area contributed by atoms with E-state index in [0.717, 1.165) is 66.5 Å². The molecule has 170 valence electrons. The van der Waals surface area contributed by atoms with E-state index in [4.69, 9.17) is 27.8 Å². The third-order valence-corrected chi connectivity index (χ3v) is 7.52. The highest BCUT2D eigenvalue weighted by Gasteiger charge is 2.53. The quantitative estimate of drug-likeness (QED) is 0.357. The minimum absolute atomic E-state index is 0.112. The number of nitrogens with one attached hydrogen (secondary N) is 3. The number of aliphatic hydroxyl groups excluding tert-OH is 1. The molecule has 4 rings (SSSR count). The van der Waals surface area contributed by atoms with E-state index in [1.807, 2.05) is 13.0 Å². The fraction of sp³-hybridized carbons (Fsp3) is 0.458. The average Bonchev–Trinajstić information content (AvgIpc) is 2.71. The highest BCUT2D eigenvalue weighted by atomic mass is 35.5. The molecule has 1 saturated heterocycles. The summed E-state index contributed by atoms with van der Waals surface area (Å²) in [6.07, 6.45) is 6.16. The van der Waals surface area contributed by atoms with Crippen molar-refractivity contribution in [2.45, 2.75) is 38.7 Å². The summed E-state index contributed by atoms with van der Waals surface area (Å²) in [7, 11) is 0. The first-order valence-corrected chi connectivity index (χ1v) is 11.3. The molecule has 2 aliphatic rings. The first-order valence-electron chi connectivity index (χ1n) is 10.9. The molecule has 1 spiro atoms. The van der Waals surface area contributed by atoms with E-state index >= 15 is 0 Å². The molecule has 32 heavy (non-hydrogen) atoms. The van der Waals surface area contributed by atoms with Gasteiger partial charge in [0.25, 0.3) is 0 Å². The van der Waals surface area contributed by atoms with Gasteiger partial charge in [-0.05, 0) is 79.3 Å². The Labute approximate surface area is 192 Å². The molecule has 1 saturated carbocycles. The second kappa shape index (κ2) is 8.89. The SMILES string of the molecule is Cc1c(Cl)ccc(C(O)C2CC3(C2)CN(CCCc2cc(=N)n(C=N)cc2F)C3)c1C=N. The van der Waals surface area contributed by atoms with Crippen LogP contribution >= 0.6 is 11.6 Å². The zero-order chi connectivity index (χ0) is 23.0. The number of likely N-dealkylation sites (tertiary alicyclic amines) is 1. The number of aryl methyl sites for hydroxylation is 1. The summed E-state index contributed by atoms with van der Waals surface area (Å²) in [5, 5.41) is 34.2. The third kappa shape index (κ3) is 4.17. The van der Waals surface area contributed by atoms with Crippen LogP contribution in [0.5, 0.6) is 0 Å². The maximum Gasteiger partial charge on any atom is 0.143 e. The monoisotopic (exact) mass is 457 g/mol. The number of hydrogen-bond acceptors (Lipinski definition) is 5. The van der Waals surface area contributed by atoms with Crippen LogP contribution in [0.1, 0.15) is 47.6 Å². The van der Waals surface area contributed by atoms with E-state index in [1.54, 1.807) is 6.07 Å². The van der Waals surface area contributed by atoms with Crippen molar-refractivity contribution in [1.29, 1.82) is 16.2 Å². The summed E-state index contributed by atoms with van der Waals surface area (Å²) in [5.74, 6) is -0.173. The molecule has 0 amide bonds. The van der Waals surface area contributed by atoms with E-state index in [2.05, 4.69) is 4.90 Å². The van der Waals surface area contributed by atoms with Crippen LogP contribution in [-0.2, 0) is 6.42 Å². The van der Waals surface area contributed by atoms with Crippen LogP contribution in [0.2, 0.25) is 5.02 Å². The van der Waals surface area contributed by atoms with E-state index in [1.165, 1.54) is 18.5 Å². The Hall–Kier alpha value is -2.35. The van der Waals surface area contributed by atoms with Gasteiger partial charge in [0.1, 0.15) is 11.3 Å². The second-order valence-electron chi connectivity index (χ2n) is 9.32. The molecule has 2 aromatic rings. The molecular formula is C24H29ClFN5O. The van der Waals surface area contributed by atoms with Gasteiger partial charge in [-0.15, -0.1) is 0 Å². The number of pyridine rings is 1. The van der Waals surface area contributed by atoms with Gasteiger partial charge in [0.05, 0.1) is 12.4 Å². The predicted molar refractivity (Wildman–Crippen MR) is 123 cm³/mol. The number of hydrogen-bond donors (Lipinski definition) is 4. The fourth-order valence-electron chi connectivity index (χ4n) is 5.40. The van der Waals surface area contributed by atoms with Gasteiger partial charge in [0.15, 0.2) is 0 Å². The maximum absolute atomic E-state index is 14.1. The summed E-state index contributed by atoms with van der Waals surface area (Å²) in [4.78, 5) is 2.37. The highest BCUT2D eigenvalue weighted by molar-refractivity contribution is 6.31. The van der Waals surface area contributed by atoms with Gasteiger partial charge in [-0.1, -0.05) is 17.7 Å². The Balaban J connectivity index is 1.26. The van der Waals surface area contributed by atoms with Gasteiger partial charge < -0.3 is 15.4 Å². The van der Waals surface area contributed by atoms with Crippen LogP contribution < -0.4 is 5.49 Å². The summed E-state index contributed by atoms with van der Waals surface area (Å²) >= 11 is 6.17. The number of aliphatic hydroxyl groups is 1. The topological polar surface area (TPSA) is 99.9 Å². The lowest BCUT2D eigenvalue weighted by atomic mass is 9.55. The van der Waals surface area contributed by atoms with Crippen molar-refractivity contribution in [2.75, 3.05) is 19.6 Å². The van der Waals surface area contributed by atoms with Crippen molar-refractivity contribution in [3.05, 3.63) is 63.0 Å². The molecule has 2 heterocycles. The fourth-order valence-corrected chi connectivity index (χ4v) is 5.56. The zero-order valence-corrected chi connectivity index (χ0v) is 18.9. The molecular weight excluding hydrogens is 429 g/mol. The predicted octanol–water partition coefficient (Wildman–Crippen LogP) is 3.90. The Kier molecular flexibility index (Phi) is 6.34. The minimum atomic E-state index is -0.578. The van der Waals surface area contributed by atoms with Gasteiger partial charge >= 0.3 is 0 Å². The Morgan fingerprint density at radius 3 is 2.69 bits per heavy atom. The third-order valence-electron chi connectivity index (χ3n) is 7.11. The Morgan fingerprint density at radius 1 is 1.31 bits per heavy atom. The Bertz CT molecular complexity index is 1100. The number of halogens is 2. The van der Waals surface area contributed by atoms with Crippen molar-refractivity contribution in [2.24, 2.45) is 11.3 Å². The lowest BCUT2D eigenvalue weighted by Crippen LogP contribution is -2.62. The minimum Gasteiger partial charge on any atom is -0.388 e. The normalized spacial score (nSPS) is 18.8.